The van der Waals surface area contributed by atoms with Crippen molar-refractivity contribution in [3.8, 4) is 33.3 Å². The molecule has 0 saturated heterocycles. The third-order valence-electron chi connectivity index (χ3n) is 5.33. The first-order chi connectivity index (χ1) is 18.7. The molecule has 0 fully saturated rings. The maximum Gasteiger partial charge on any atom is 0.416 e. The summed E-state index contributed by atoms with van der Waals surface area (Å²) in [5, 5.41) is 5.45. The number of halogens is 3. The van der Waals surface area contributed by atoms with E-state index in [1.807, 2.05) is 12.1 Å². The fourth-order valence-corrected chi connectivity index (χ4v) is 4.22. The second kappa shape index (κ2) is 10.8. The van der Waals surface area contributed by atoms with E-state index in [1.165, 1.54) is 42.2 Å². The van der Waals surface area contributed by atoms with Crippen LogP contribution >= 0.6 is 11.3 Å². The number of urea groups is 1. The van der Waals surface area contributed by atoms with Crippen molar-refractivity contribution in [1.82, 2.24) is 19.9 Å². The van der Waals surface area contributed by atoms with Crippen molar-refractivity contribution in [3.05, 3.63) is 91.1 Å². The Morgan fingerprint density at radius 1 is 0.897 bits per heavy atom. The van der Waals surface area contributed by atoms with Crippen molar-refractivity contribution >= 4 is 33.9 Å². The number of hydrogen-bond acceptors (Lipinski definition) is 8. The molecule has 0 spiro atoms. The first-order valence-corrected chi connectivity index (χ1v) is 12.1. The third kappa shape index (κ3) is 6.27. The molecule has 2 aromatic carbocycles. The average molecular weight is 550 g/mol. The Morgan fingerprint density at radius 2 is 1.67 bits per heavy atom. The summed E-state index contributed by atoms with van der Waals surface area (Å²) in [5.41, 5.74) is 6.77. The number of nitrogens with one attached hydrogen (secondary N) is 2. The topological polar surface area (TPSA) is 128 Å². The monoisotopic (exact) mass is 549 g/mol. The van der Waals surface area contributed by atoms with Crippen molar-refractivity contribution in [2.75, 3.05) is 16.4 Å². The molecule has 3 aromatic heterocycles. The Bertz CT molecular complexity index is 1590. The Morgan fingerprint density at radius 3 is 2.31 bits per heavy atom. The lowest BCUT2D eigenvalue weighted by molar-refractivity contribution is -0.137. The highest BCUT2D eigenvalue weighted by Crippen LogP contribution is 2.36. The number of hydrogen-bond donors (Lipinski definition) is 3. The summed E-state index contributed by atoms with van der Waals surface area (Å²) in [6.07, 6.45) is 2.75. The summed E-state index contributed by atoms with van der Waals surface area (Å²) in [6.45, 7) is 0. The number of thiazole rings is 1. The largest absolute Gasteiger partial charge is 0.424 e. The van der Waals surface area contributed by atoms with E-state index in [1.54, 1.807) is 30.5 Å². The summed E-state index contributed by atoms with van der Waals surface area (Å²) >= 11 is 1.37. The number of pyridine rings is 1. The number of nitrogens with two attached hydrogens (primary N) is 1. The number of rotatable bonds is 6. The van der Waals surface area contributed by atoms with Gasteiger partial charge in [0.15, 0.2) is 5.13 Å². The van der Waals surface area contributed by atoms with Crippen LogP contribution in [0.15, 0.2) is 85.6 Å². The summed E-state index contributed by atoms with van der Waals surface area (Å²) in [5.74, 6) is 0.488. The van der Waals surface area contributed by atoms with Crippen molar-refractivity contribution in [3.63, 3.8) is 0 Å². The number of nitrogen functional groups attached to an aromatic ring is 1. The molecule has 0 saturated carbocycles. The van der Waals surface area contributed by atoms with Crippen molar-refractivity contribution in [2.45, 2.75) is 6.18 Å². The number of amides is 2. The number of benzene rings is 2. The van der Waals surface area contributed by atoms with Gasteiger partial charge in [0.05, 0.1) is 34.2 Å². The Hall–Kier alpha value is -5.04. The van der Waals surface area contributed by atoms with Gasteiger partial charge in [0.1, 0.15) is 5.75 Å². The minimum atomic E-state index is -4.58. The van der Waals surface area contributed by atoms with Crippen LogP contribution in [0.3, 0.4) is 0 Å². The van der Waals surface area contributed by atoms with Crippen molar-refractivity contribution < 1.29 is 22.7 Å². The predicted octanol–water partition coefficient (Wildman–Crippen LogP) is 6.70. The number of aromatic nitrogens is 4. The zero-order valence-electron chi connectivity index (χ0n) is 19.8. The maximum absolute atomic E-state index is 13.3. The molecule has 39 heavy (non-hydrogen) atoms. The number of alkyl halides is 3. The number of anilines is 3. The minimum Gasteiger partial charge on any atom is -0.424 e. The Labute approximate surface area is 223 Å². The summed E-state index contributed by atoms with van der Waals surface area (Å²) in [7, 11) is 0. The zero-order valence-corrected chi connectivity index (χ0v) is 20.6. The average Bonchev–Trinajstić information content (AvgIpc) is 3.36. The van der Waals surface area contributed by atoms with E-state index < -0.39 is 17.8 Å². The molecule has 0 atom stereocenters. The lowest BCUT2D eigenvalue weighted by atomic mass is 10.0. The van der Waals surface area contributed by atoms with Gasteiger partial charge >= 0.3 is 18.2 Å². The van der Waals surface area contributed by atoms with Gasteiger partial charge in [-0.1, -0.05) is 23.5 Å². The van der Waals surface area contributed by atoms with Crippen LogP contribution in [0.1, 0.15) is 5.56 Å². The van der Waals surface area contributed by atoms with Crippen LogP contribution in [0, 0.1) is 0 Å². The number of nitrogens with zero attached hydrogens (tertiary/aromatic N) is 4. The molecule has 196 valence electrons. The summed E-state index contributed by atoms with van der Waals surface area (Å²) in [6, 6.07) is 12.8. The smallest absolute Gasteiger partial charge is 0.416 e. The van der Waals surface area contributed by atoms with Gasteiger partial charge in [-0.05, 0) is 48.0 Å². The van der Waals surface area contributed by atoms with Crippen LogP contribution in [-0.2, 0) is 6.18 Å². The van der Waals surface area contributed by atoms with Gasteiger partial charge in [0, 0.05) is 29.7 Å². The predicted molar refractivity (Wildman–Crippen MR) is 141 cm³/mol. The van der Waals surface area contributed by atoms with Gasteiger partial charge in [-0.3, -0.25) is 4.98 Å². The van der Waals surface area contributed by atoms with E-state index >= 15 is 0 Å². The lowest BCUT2D eigenvalue weighted by Gasteiger charge is -2.15. The summed E-state index contributed by atoms with van der Waals surface area (Å²) in [4.78, 5) is 29.7. The zero-order chi connectivity index (χ0) is 27.4. The lowest BCUT2D eigenvalue weighted by Crippen LogP contribution is -2.20. The number of carbonyl (C=O) groups excluding carboxylic acids is 1. The first kappa shape index (κ1) is 25.6. The van der Waals surface area contributed by atoms with E-state index in [0.717, 1.165) is 22.6 Å². The highest BCUT2D eigenvalue weighted by Gasteiger charge is 2.31. The van der Waals surface area contributed by atoms with E-state index in [2.05, 4.69) is 30.6 Å². The molecule has 0 aliphatic rings. The molecule has 0 unspecified atom stereocenters. The van der Waals surface area contributed by atoms with Crippen molar-refractivity contribution in [1.29, 1.82) is 0 Å². The summed E-state index contributed by atoms with van der Waals surface area (Å²) < 4.78 is 45.5. The second-order valence-corrected chi connectivity index (χ2v) is 9.08. The van der Waals surface area contributed by atoms with E-state index in [0.29, 0.717) is 22.0 Å². The molecule has 9 nitrogen and oxygen atoms in total. The molecule has 0 radical (unpaired) electrons. The quantitative estimate of drug-likeness (QED) is 0.215. The highest BCUT2D eigenvalue weighted by atomic mass is 32.1. The number of ether oxygens (including phenoxy) is 1. The van der Waals surface area contributed by atoms with Gasteiger partial charge in [0.2, 0.25) is 0 Å². The van der Waals surface area contributed by atoms with Gasteiger partial charge in [-0.2, -0.15) is 13.2 Å². The highest BCUT2D eigenvalue weighted by molar-refractivity contribution is 7.18. The molecule has 5 rings (SSSR count). The molecule has 13 heteroatoms. The van der Waals surface area contributed by atoms with E-state index in [4.69, 9.17) is 10.5 Å². The maximum atomic E-state index is 13.3. The molecule has 5 aromatic rings. The van der Waals surface area contributed by atoms with Gasteiger partial charge in [-0.15, -0.1) is 0 Å². The van der Waals surface area contributed by atoms with Crippen molar-refractivity contribution in [2.24, 2.45) is 0 Å². The van der Waals surface area contributed by atoms with Crippen LogP contribution < -0.4 is 21.1 Å². The van der Waals surface area contributed by atoms with E-state index in [-0.39, 0.29) is 17.4 Å². The van der Waals surface area contributed by atoms with Crippen LogP contribution in [0.4, 0.5) is 34.5 Å². The Kier molecular flexibility index (Phi) is 7.06. The normalized spacial score (nSPS) is 11.2. The van der Waals surface area contributed by atoms with Crippen LogP contribution in [0.2, 0.25) is 0 Å². The third-order valence-corrected chi connectivity index (χ3v) is 6.20. The van der Waals surface area contributed by atoms with E-state index in [9.17, 15) is 18.0 Å². The molecule has 0 bridgehead atoms. The first-order valence-electron chi connectivity index (χ1n) is 11.3. The molecule has 3 heterocycles. The van der Waals surface area contributed by atoms with Gasteiger partial charge < -0.3 is 21.1 Å². The molecular weight excluding hydrogens is 531 g/mol. The molecular formula is C26H18F3N7O2S. The molecule has 2 amide bonds. The fourth-order valence-electron chi connectivity index (χ4n) is 3.53. The standard InChI is InChI=1S/C26H18F3N7O2S/c27-26(28,29)17-5-8-20(16-2-1-9-31-11-16)21(10-17)36-24(37)35-18-12-33-25(34-13-18)38-19-6-3-15(4-7-19)22-14-32-23(30)39-22/h1-14H,(H2,30,32)(H2,35,36,37). The number of carbonyl (C=O) groups is 1. The fraction of sp³-hybridized carbons (Fsp3) is 0.0385. The molecule has 0 aliphatic carbocycles. The SMILES string of the molecule is Nc1ncc(-c2ccc(Oc3ncc(NC(=O)Nc4cc(C(F)(F)F)ccc4-c4cccnc4)cn3)cc2)s1. The van der Waals surface area contributed by atoms with Crippen LogP contribution in [-0.4, -0.2) is 26.0 Å². The minimum absolute atomic E-state index is 0.0347. The molecule has 4 N–H and O–H groups in total. The Balaban J connectivity index is 1.26. The van der Waals surface area contributed by atoms with Gasteiger partial charge in [-0.25, -0.2) is 19.7 Å². The van der Waals surface area contributed by atoms with Gasteiger partial charge in [0.25, 0.3) is 0 Å². The van der Waals surface area contributed by atoms with Crippen LogP contribution in [0.5, 0.6) is 11.8 Å². The molecule has 0 aliphatic heterocycles. The van der Waals surface area contributed by atoms with Crippen LogP contribution in [0.25, 0.3) is 21.6 Å². The second-order valence-electron chi connectivity index (χ2n) is 8.02.